The number of carbonyl (C=O) groups excluding carboxylic acids is 1. The summed E-state index contributed by atoms with van der Waals surface area (Å²) in [6, 6.07) is 16.0. The summed E-state index contributed by atoms with van der Waals surface area (Å²) >= 11 is 8.41. The molecule has 0 saturated carbocycles. The first-order valence-electron chi connectivity index (χ1n) is 7.61. The minimum Gasteiger partial charge on any atom is -0.490 e. The van der Waals surface area contributed by atoms with Gasteiger partial charge >= 0.3 is 6.09 Å². The average Bonchev–Trinajstić information content (AvgIpc) is 2.59. The van der Waals surface area contributed by atoms with Gasteiger partial charge in [0.05, 0.1) is 11.6 Å². The Morgan fingerprint density at radius 2 is 1.88 bits per heavy atom. The van der Waals surface area contributed by atoms with Crippen LogP contribution in [0.15, 0.2) is 48.5 Å². The van der Waals surface area contributed by atoms with E-state index in [1.54, 1.807) is 0 Å². The molecular weight excluding hydrogens is 441 g/mol. The van der Waals surface area contributed by atoms with Crippen molar-refractivity contribution in [3.63, 3.8) is 0 Å². The van der Waals surface area contributed by atoms with Gasteiger partial charge in [-0.05, 0) is 29.7 Å². The van der Waals surface area contributed by atoms with Gasteiger partial charge in [0.15, 0.2) is 0 Å². The summed E-state index contributed by atoms with van der Waals surface area (Å²) < 4.78 is 11.3. The number of alkyl carbamates (subject to hydrolysis) is 1. The van der Waals surface area contributed by atoms with E-state index in [4.69, 9.17) is 21.1 Å². The number of halogens is 2. The van der Waals surface area contributed by atoms with Crippen LogP contribution in [0.4, 0.5) is 4.79 Å². The van der Waals surface area contributed by atoms with Crippen molar-refractivity contribution in [1.29, 1.82) is 0 Å². The normalized spacial score (nSPS) is 10.2. The molecule has 2 aromatic rings. The van der Waals surface area contributed by atoms with Gasteiger partial charge in [0.2, 0.25) is 0 Å². The van der Waals surface area contributed by atoms with Gasteiger partial charge in [0.25, 0.3) is 0 Å². The topological polar surface area (TPSA) is 47.6 Å². The van der Waals surface area contributed by atoms with Crippen molar-refractivity contribution in [1.82, 2.24) is 5.32 Å². The molecule has 6 heteroatoms. The van der Waals surface area contributed by atoms with Crippen molar-refractivity contribution in [2.75, 3.05) is 24.2 Å². The Labute approximate surface area is 160 Å². The van der Waals surface area contributed by atoms with E-state index in [1.807, 2.05) is 36.4 Å². The first-order valence-corrected chi connectivity index (χ1v) is 9.51. The predicted octanol–water partition coefficient (Wildman–Crippen LogP) is 4.47. The molecule has 0 aliphatic rings. The van der Waals surface area contributed by atoms with Crippen molar-refractivity contribution in [2.24, 2.45) is 0 Å². The van der Waals surface area contributed by atoms with Gasteiger partial charge in [-0.2, -0.15) is 0 Å². The highest BCUT2D eigenvalue weighted by Gasteiger charge is 2.05. The number of ether oxygens (including phenoxy) is 2. The van der Waals surface area contributed by atoms with Crippen LogP contribution in [0.3, 0.4) is 0 Å². The van der Waals surface area contributed by atoms with Gasteiger partial charge < -0.3 is 14.8 Å². The molecule has 0 aliphatic heterocycles. The minimum atomic E-state index is -0.431. The van der Waals surface area contributed by atoms with Crippen LogP contribution < -0.4 is 10.1 Å². The molecule has 0 bridgehead atoms. The number of amides is 1. The first-order chi connectivity index (χ1) is 11.7. The van der Waals surface area contributed by atoms with Crippen LogP contribution in [0.5, 0.6) is 5.75 Å². The molecule has 0 fully saturated rings. The van der Waals surface area contributed by atoms with Crippen molar-refractivity contribution < 1.29 is 14.3 Å². The van der Waals surface area contributed by atoms with E-state index >= 15 is 0 Å². The Morgan fingerprint density at radius 3 is 2.58 bits per heavy atom. The molecule has 0 unspecified atom stereocenters. The quantitative estimate of drug-likeness (QED) is 0.360. The lowest BCUT2D eigenvalue weighted by Crippen LogP contribution is -2.29. The Hall–Kier alpha value is -1.47. The number of alkyl halides is 1. The fourth-order valence-electron chi connectivity index (χ4n) is 2.10. The van der Waals surface area contributed by atoms with Gasteiger partial charge in [-0.1, -0.05) is 70.6 Å². The Balaban J connectivity index is 1.79. The second kappa shape index (κ2) is 10.4. The van der Waals surface area contributed by atoms with Crippen molar-refractivity contribution >= 4 is 40.3 Å². The van der Waals surface area contributed by atoms with Crippen molar-refractivity contribution in [3.8, 4) is 5.75 Å². The summed E-state index contributed by atoms with van der Waals surface area (Å²) in [7, 11) is 0. The third kappa shape index (κ3) is 6.57. The molecule has 1 N–H and O–H groups in total. The lowest BCUT2D eigenvalue weighted by Gasteiger charge is -2.10. The second-order valence-corrected chi connectivity index (χ2v) is 6.51. The van der Waals surface area contributed by atoms with Crippen LogP contribution >= 0.6 is 34.2 Å². The number of carbonyl (C=O) groups is 1. The zero-order chi connectivity index (χ0) is 17.2. The first kappa shape index (κ1) is 18.9. The highest BCUT2D eigenvalue weighted by atomic mass is 127. The van der Waals surface area contributed by atoms with Crippen LogP contribution in [-0.2, 0) is 11.2 Å². The molecule has 0 aromatic heterocycles. The lowest BCUT2D eigenvalue weighted by molar-refractivity contribution is 0.151. The summed E-state index contributed by atoms with van der Waals surface area (Å²) in [5.41, 5.74) is 2.36. The zero-order valence-electron chi connectivity index (χ0n) is 13.1. The molecule has 0 aliphatic carbocycles. The monoisotopic (exact) mass is 459 g/mol. The maximum atomic E-state index is 11.3. The van der Waals surface area contributed by atoms with Gasteiger partial charge in [0.1, 0.15) is 19.0 Å². The largest absolute Gasteiger partial charge is 0.490 e. The number of benzene rings is 2. The Morgan fingerprint density at radius 1 is 1.08 bits per heavy atom. The highest BCUT2D eigenvalue weighted by molar-refractivity contribution is 14.1. The highest BCUT2D eigenvalue weighted by Crippen LogP contribution is 2.26. The maximum Gasteiger partial charge on any atom is 0.407 e. The third-order valence-corrected chi connectivity index (χ3v) is 3.92. The maximum absolute atomic E-state index is 11.3. The summed E-state index contributed by atoms with van der Waals surface area (Å²) in [6.07, 6.45) is 0.394. The van der Waals surface area contributed by atoms with Crippen LogP contribution in [0, 0.1) is 0 Å². The predicted molar refractivity (Wildman–Crippen MR) is 104 cm³/mol. The van der Waals surface area contributed by atoms with E-state index < -0.39 is 6.09 Å². The second-order valence-electron chi connectivity index (χ2n) is 5.03. The van der Waals surface area contributed by atoms with Gasteiger partial charge in [-0.3, -0.25) is 0 Å². The van der Waals surface area contributed by atoms with Crippen LogP contribution in [0.25, 0.3) is 0 Å². The molecule has 4 nitrogen and oxygen atoms in total. The number of hydrogen-bond acceptors (Lipinski definition) is 3. The molecule has 24 heavy (non-hydrogen) atoms. The zero-order valence-corrected chi connectivity index (χ0v) is 16.0. The summed E-state index contributed by atoms with van der Waals surface area (Å²) in [5, 5.41) is 3.18. The van der Waals surface area contributed by atoms with E-state index in [1.165, 1.54) is 5.56 Å². The van der Waals surface area contributed by atoms with Gasteiger partial charge in [-0.25, -0.2) is 4.79 Å². The summed E-state index contributed by atoms with van der Waals surface area (Å²) in [6.45, 7) is 1.10. The van der Waals surface area contributed by atoms with E-state index in [0.717, 1.165) is 16.4 Å². The van der Waals surface area contributed by atoms with E-state index in [-0.39, 0.29) is 0 Å². The van der Waals surface area contributed by atoms with Crippen LogP contribution in [0.2, 0.25) is 5.02 Å². The molecule has 1 amide bonds. The Bertz CT molecular complexity index is 652. The van der Waals surface area contributed by atoms with Crippen LogP contribution in [-0.4, -0.2) is 30.3 Å². The van der Waals surface area contributed by atoms with Crippen LogP contribution in [0.1, 0.15) is 11.1 Å². The fourth-order valence-corrected chi connectivity index (χ4v) is 2.58. The standard InChI is InChI=1S/C18H19ClINO3/c19-16-13-15(12-14-4-2-1-3-5-14)6-7-17(16)23-11-9-21-18(22)24-10-8-20/h1-7,13H,8-12H2,(H,21,22). The van der Waals surface area contributed by atoms with E-state index in [9.17, 15) is 4.79 Å². The molecular formula is C18H19ClINO3. The molecule has 0 spiro atoms. The fraction of sp³-hybridized carbons (Fsp3) is 0.278. The molecule has 0 heterocycles. The number of hydrogen-bond donors (Lipinski definition) is 1. The third-order valence-electron chi connectivity index (χ3n) is 3.19. The molecule has 0 atom stereocenters. The molecule has 0 saturated heterocycles. The minimum absolute atomic E-state index is 0.330. The van der Waals surface area contributed by atoms with E-state index in [2.05, 4.69) is 40.0 Å². The smallest absolute Gasteiger partial charge is 0.407 e. The lowest BCUT2D eigenvalue weighted by atomic mass is 10.1. The SMILES string of the molecule is O=C(NCCOc1ccc(Cc2ccccc2)cc1Cl)OCCI. The van der Waals surface area contributed by atoms with Crippen molar-refractivity contribution in [2.45, 2.75) is 6.42 Å². The number of rotatable bonds is 8. The molecule has 2 rings (SSSR count). The summed E-state index contributed by atoms with van der Waals surface area (Å²) in [4.78, 5) is 11.3. The molecule has 128 valence electrons. The van der Waals surface area contributed by atoms with Gasteiger partial charge in [0, 0.05) is 4.43 Å². The van der Waals surface area contributed by atoms with E-state index in [0.29, 0.717) is 30.5 Å². The Kier molecular flexibility index (Phi) is 8.18. The van der Waals surface area contributed by atoms with Gasteiger partial charge in [-0.15, -0.1) is 0 Å². The number of nitrogens with one attached hydrogen (secondary N) is 1. The average molecular weight is 460 g/mol. The molecule has 0 radical (unpaired) electrons. The molecule has 2 aromatic carbocycles. The summed E-state index contributed by atoms with van der Waals surface area (Å²) in [5.74, 6) is 0.607. The van der Waals surface area contributed by atoms with Crippen molar-refractivity contribution in [3.05, 3.63) is 64.7 Å².